The van der Waals surface area contributed by atoms with Crippen LogP contribution in [-0.4, -0.2) is 8.32 Å². The predicted octanol–water partition coefficient (Wildman–Crippen LogP) is 5.91. The normalized spacial score (nSPS) is 13.2. The maximum Gasteiger partial charge on any atom is 0.257 e. The minimum absolute atomic E-state index is 0.630. The highest BCUT2D eigenvalue weighted by molar-refractivity contribution is 7.10. The first-order valence-corrected chi connectivity index (χ1v) is 9.81. The van der Waals surface area contributed by atoms with Crippen molar-refractivity contribution in [1.82, 2.24) is 0 Å². The molecule has 1 nitrogen and oxygen atoms in total. The number of hydrogen-bond acceptors (Lipinski definition) is 2. The third-order valence-electron chi connectivity index (χ3n) is 3.75. The van der Waals surface area contributed by atoms with Gasteiger partial charge in [0, 0.05) is 4.88 Å². The Labute approximate surface area is 117 Å². The molecule has 0 spiro atoms. The molecule has 0 saturated carbocycles. The van der Waals surface area contributed by atoms with Crippen molar-refractivity contribution in [3.63, 3.8) is 0 Å². The first kappa shape index (κ1) is 15.5. The molecule has 1 heterocycles. The fourth-order valence-corrected chi connectivity index (χ4v) is 8.74. The molecule has 0 N–H and O–H groups in total. The standard InChI is InChI=1S/C15H26OSSi/c1-12(2)18(13(3)4,14(5)6)16-10-9-15-8-7-11-17-15/h7-14H,1-6H3. The second kappa shape index (κ2) is 6.57. The van der Waals surface area contributed by atoms with Gasteiger partial charge in [-0.05, 0) is 34.1 Å². The Hall–Kier alpha value is -0.543. The summed E-state index contributed by atoms with van der Waals surface area (Å²) in [7, 11) is -1.74. The molecule has 0 aromatic carbocycles. The van der Waals surface area contributed by atoms with Crippen LogP contribution in [0.2, 0.25) is 16.6 Å². The van der Waals surface area contributed by atoms with Crippen LogP contribution in [0.5, 0.6) is 0 Å². The van der Waals surface area contributed by atoms with Crippen molar-refractivity contribution < 1.29 is 4.43 Å². The number of thiophene rings is 1. The zero-order valence-electron chi connectivity index (χ0n) is 12.4. The van der Waals surface area contributed by atoms with Gasteiger partial charge in [0.2, 0.25) is 0 Å². The van der Waals surface area contributed by atoms with E-state index in [0.29, 0.717) is 16.6 Å². The van der Waals surface area contributed by atoms with Crippen LogP contribution in [-0.2, 0) is 4.43 Å². The molecule has 3 heteroatoms. The highest BCUT2D eigenvalue weighted by atomic mass is 32.1. The minimum atomic E-state index is -1.74. The summed E-state index contributed by atoms with van der Waals surface area (Å²) in [5.74, 6) is 0. The molecule has 0 fully saturated rings. The van der Waals surface area contributed by atoms with Gasteiger partial charge in [0.15, 0.2) is 0 Å². The SMILES string of the molecule is CC(C)[Si](OC=Cc1cccs1)(C(C)C)C(C)C. The van der Waals surface area contributed by atoms with Crippen LogP contribution in [0.3, 0.4) is 0 Å². The van der Waals surface area contributed by atoms with E-state index in [2.05, 4.69) is 65.1 Å². The van der Waals surface area contributed by atoms with E-state index in [1.807, 2.05) is 6.26 Å². The van der Waals surface area contributed by atoms with Crippen molar-refractivity contribution in [3.05, 3.63) is 28.7 Å². The second-order valence-electron chi connectivity index (χ2n) is 5.75. The summed E-state index contributed by atoms with van der Waals surface area (Å²) >= 11 is 1.75. The maximum atomic E-state index is 6.35. The van der Waals surface area contributed by atoms with E-state index < -0.39 is 8.32 Å². The summed E-state index contributed by atoms with van der Waals surface area (Å²) in [6.07, 6.45) is 4.04. The molecule has 0 aliphatic carbocycles. The lowest BCUT2D eigenvalue weighted by Crippen LogP contribution is -2.46. The van der Waals surface area contributed by atoms with Gasteiger partial charge in [0.25, 0.3) is 8.32 Å². The second-order valence-corrected chi connectivity index (χ2v) is 12.1. The predicted molar refractivity (Wildman–Crippen MR) is 85.5 cm³/mol. The van der Waals surface area contributed by atoms with Crippen LogP contribution >= 0.6 is 11.3 Å². The van der Waals surface area contributed by atoms with Gasteiger partial charge in [0.1, 0.15) is 0 Å². The van der Waals surface area contributed by atoms with E-state index in [9.17, 15) is 0 Å². The van der Waals surface area contributed by atoms with Gasteiger partial charge in [-0.15, -0.1) is 11.3 Å². The summed E-state index contributed by atoms with van der Waals surface area (Å²) < 4.78 is 6.35. The molecular weight excluding hydrogens is 256 g/mol. The maximum absolute atomic E-state index is 6.35. The summed E-state index contributed by atoms with van der Waals surface area (Å²) in [6.45, 7) is 13.9. The molecule has 0 aliphatic heterocycles. The fourth-order valence-electron chi connectivity index (χ4n) is 3.01. The van der Waals surface area contributed by atoms with E-state index in [0.717, 1.165) is 0 Å². The van der Waals surface area contributed by atoms with Gasteiger partial charge in [-0.2, -0.15) is 0 Å². The Balaban J connectivity index is 2.85. The largest absolute Gasteiger partial charge is 0.548 e. The Kier molecular flexibility index (Phi) is 5.67. The third kappa shape index (κ3) is 3.26. The van der Waals surface area contributed by atoms with E-state index in [4.69, 9.17) is 4.43 Å². The number of hydrogen-bond donors (Lipinski definition) is 0. The quantitative estimate of drug-likeness (QED) is 0.465. The van der Waals surface area contributed by atoms with Crippen molar-refractivity contribution in [1.29, 1.82) is 0 Å². The zero-order chi connectivity index (χ0) is 13.8. The van der Waals surface area contributed by atoms with Gasteiger partial charge < -0.3 is 4.43 Å². The molecule has 0 amide bonds. The number of rotatable bonds is 6. The van der Waals surface area contributed by atoms with Crippen LogP contribution in [0, 0.1) is 0 Å². The molecule has 0 atom stereocenters. The molecular formula is C15H26OSSi. The first-order chi connectivity index (χ1) is 8.41. The molecule has 1 rings (SSSR count). The summed E-state index contributed by atoms with van der Waals surface area (Å²) in [4.78, 5) is 1.26. The van der Waals surface area contributed by atoms with Gasteiger partial charge >= 0.3 is 0 Å². The molecule has 0 aliphatic rings. The van der Waals surface area contributed by atoms with Crippen LogP contribution in [0.4, 0.5) is 0 Å². The van der Waals surface area contributed by atoms with Crippen LogP contribution in [0.15, 0.2) is 23.8 Å². The third-order valence-corrected chi connectivity index (χ3v) is 10.6. The molecule has 0 saturated heterocycles. The van der Waals surface area contributed by atoms with E-state index in [1.54, 1.807) is 11.3 Å². The van der Waals surface area contributed by atoms with Gasteiger partial charge in [-0.3, -0.25) is 0 Å². The Morgan fingerprint density at radius 3 is 2.00 bits per heavy atom. The van der Waals surface area contributed by atoms with E-state index >= 15 is 0 Å². The minimum Gasteiger partial charge on any atom is -0.548 e. The van der Waals surface area contributed by atoms with E-state index in [-0.39, 0.29) is 0 Å². The van der Waals surface area contributed by atoms with Crippen molar-refractivity contribution in [2.24, 2.45) is 0 Å². The molecule has 1 aromatic rings. The summed E-state index contributed by atoms with van der Waals surface area (Å²) in [5, 5.41) is 2.09. The molecule has 0 unspecified atom stereocenters. The Bertz CT molecular complexity index is 344. The van der Waals surface area contributed by atoms with Crippen molar-refractivity contribution >= 4 is 25.7 Å². The van der Waals surface area contributed by atoms with Crippen LogP contribution in [0.25, 0.3) is 6.08 Å². The van der Waals surface area contributed by atoms with Crippen molar-refractivity contribution in [2.45, 2.75) is 58.2 Å². The summed E-state index contributed by atoms with van der Waals surface area (Å²) in [6, 6.07) is 4.19. The average molecular weight is 283 g/mol. The summed E-state index contributed by atoms with van der Waals surface area (Å²) in [5.41, 5.74) is 1.89. The molecule has 0 bridgehead atoms. The van der Waals surface area contributed by atoms with E-state index in [1.165, 1.54) is 4.88 Å². The smallest absolute Gasteiger partial charge is 0.257 e. The van der Waals surface area contributed by atoms with Crippen molar-refractivity contribution in [2.75, 3.05) is 0 Å². The molecule has 1 aromatic heterocycles. The Morgan fingerprint density at radius 2 is 1.61 bits per heavy atom. The topological polar surface area (TPSA) is 9.23 Å². The van der Waals surface area contributed by atoms with Gasteiger partial charge in [-0.25, -0.2) is 0 Å². The molecule has 0 radical (unpaired) electrons. The lowest BCUT2D eigenvalue weighted by atomic mass is 10.5. The Morgan fingerprint density at radius 1 is 1.06 bits per heavy atom. The van der Waals surface area contributed by atoms with Gasteiger partial charge in [-0.1, -0.05) is 47.6 Å². The molecule has 102 valence electrons. The highest BCUT2D eigenvalue weighted by Gasteiger charge is 2.46. The van der Waals surface area contributed by atoms with Gasteiger partial charge in [0.05, 0.1) is 6.26 Å². The van der Waals surface area contributed by atoms with Crippen LogP contribution < -0.4 is 0 Å². The molecule has 18 heavy (non-hydrogen) atoms. The average Bonchev–Trinajstić information content (AvgIpc) is 2.75. The fraction of sp³-hybridized carbons (Fsp3) is 0.600. The van der Waals surface area contributed by atoms with Crippen molar-refractivity contribution in [3.8, 4) is 0 Å². The zero-order valence-corrected chi connectivity index (χ0v) is 14.3. The first-order valence-electron chi connectivity index (χ1n) is 6.79. The van der Waals surface area contributed by atoms with Crippen LogP contribution in [0.1, 0.15) is 46.4 Å². The monoisotopic (exact) mass is 282 g/mol. The highest BCUT2D eigenvalue weighted by Crippen LogP contribution is 2.42. The lowest BCUT2D eigenvalue weighted by Gasteiger charge is -2.41. The lowest BCUT2D eigenvalue weighted by molar-refractivity contribution is 0.419.